The van der Waals surface area contributed by atoms with E-state index in [9.17, 15) is 14.4 Å². The molecule has 1 unspecified atom stereocenters. The predicted octanol–water partition coefficient (Wildman–Crippen LogP) is 1.92. The lowest BCUT2D eigenvalue weighted by Gasteiger charge is -2.35. The Morgan fingerprint density at radius 2 is 1.79 bits per heavy atom. The van der Waals surface area contributed by atoms with Gasteiger partial charge in [-0.25, -0.2) is 0 Å². The Balaban J connectivity index is 1.40. The first-order valence-corrected chi connectivity index (χ1v) is 11.0. The monoisotopic (exact) mass is 404 g/mol. The standard InChI is InChI=1S/C20H28N4O3S/c1-14(25)22-16-3-2-4-17(11-16)23-20(27)19(26)21-12-15-5-8-24(9-6-15)18-7-10-28-13-18/h2-4,11,15,18H,5-10,12-13H2,1H3,(H,21,26)(H,22,25)(H,23,27). The molecule has 7 nitrogen and oxygen atoms in total. The fourth-order valence-electron chi connectivity index (χ4n) is 3.72. The fraction of sp³-hybridized carbons (Fsp3) is 0.550. The Kier molecular flexibility index (Phi) is 7.33. The molecule has 2 saturated heterocycles. The van der Waals surface area contributed by atoms with Gasteiger partial charge in [-0.3, -0.25) is 19.3 Å². The van der Waals surface area contributed by atoms with E-state index in [4.69, 9.17) is 0 Å². The van der Waals surface area contributed by atoms with Crippen molar-refractivity contribution in [3.05, 3.63) is 24.3 Å². The van der Waals surface area contributed by atoms with Crippen molar-refractivity contribution in [2.75, 3.05) is 41.8 Å². The van der Waals surface area contributed by atoms with Crippen molar-refractivity contribution in [3.63, 3.8) is 0 Å². The molecule has 0 aliphatic carbocycles. The molecule has 0 bridgehead atoms. The van der Waals surface area contributed by atoms with Gasteiger partial charge in [-0.15, -0.1) is 0 Å². The summed E-state index contributed by atoms with van der Waals surface area (Å²) >= 11 is 2.03. The molecule has 0 saturated carbocycles. The Morgan fingerprint density at radius 1 is 1.07 bits per heavy atom. The molecule has 8 heteroatoms. The lowest BCUT2D eigenvalue weighted by molar-refractivity contribution is -0.136. The van der Waals surface area contributed by atoms with Gasteiger partial charge < -0.3 is 16.0 Å². The summed E-state index contributed by atoms with van der Waals surface area (Å²) < 4.78 is 0. The molecular formula is C20H28N4O3S. The van der Waals surface area contributed by atoms with Crippen LogP contribution in [0.25, 0.3) is 0 Å². The van der Waals surface area contributed by atoms with E-state index in [1.165, 1.54) is 24.9 Å². The molecule has 0 aromatic heterocycles. The molecule has 2 aliphatic heterocycles. The third-order valence-corrected chi connectivity index (χ3v) is 6.41. The van der Waals surface area contributed by atoms with Crippen LogP contribution in [0.2, 0.25) is 0 Å². The average Bonchev–Trinajstić information content (AvgIpc) is 3.21. The molecule has 3 rings (SSSR count). The molecular weight excluding hydrogens is 376 g/mol. The number of rotatable bonds is 5. The smallest absolute Gasteiger partial charge is 0.313 e. The Bertz CT molecular complexity index is 713. The molecule has 2 heterocycles. The van der Waals surface area contributed by atoms with Crippen LogP contribution in [0.1, 0.15) is 26.2 Å². The highest BCUT2D eigenvalue weighted by Crippen LogP contribution is 2.26. The minimum Gasteiger partial charge on any atom is -0.348 e. The van der Waals surface area contributed by atoms with Gasteiger partial charge in [-0.05, 0) is 62.2 Å². The van der Waals surface area contributed by atoms with Crippen LogP contribution >= 0.6 is 11.8 Å². The van der Waals surface area contributed by atoms with Gasteiger partial charge >= 0.3 is 11.8 Å². The fourth-order valence-corrected chi connectivity index (χ4v) is 4.97. The van der Waals surface area contributed by atoms with Gasteiger partial charge in [-0.1, -0.05) is 6.07 Å². The van der Waals surface area contributed by atoms with Crippen LogP contribution in [-0.2, 0) is 14.4 Å². The van der Waals surface area contributed by atoms with E-state index in [1.807, 2.05) is 11.8 Å². The second-order valence-corrected chi connectivity index (χ2v) is 8.57. The molecule has 0 spiro atoms. The largest absolute Gasteiger partial charge is 0.348 e. The molecule has 3 amide bonds. The number of thioether (sulfide) groups is 1. The summed E-state index contributed by atoms with van der Waals surface area (Å²) in [6.45, 7) is 4.10. The zero-order valence-corrected chi connectivity index (χ0v) is 17.0. The quantitative estimate of drug-likeness (QED) is 0.653. The number of hydrogen-bond acceptors (Lipinski definition) is 5. The van der Waals surface area contributed by atoms with Crippen molar-refractivity contribution in [2.24, 2.45) is 5.92 Å². The van der Waals surface area contributed by atoms with Crippen LogP contribution in [0.4, 0.5) is 11.4 Å². The summed E-state index contributed by atoms with van der Waals surface area (Å²) in [4.78, 5) is 37.9. The van der Waals surface area contributed by atoms with Gasteiger partial charge in [-0.2, -0.15) is 11.8 Å². The number of likely N-dealkylation sites (tertiary alicyclic amines) is 1. The maximum absolute atomic E-state index is 12.1. The number of nitrogens with one attached hydrogen (secondary N) is 3. The topological polar surface area (TPSA) is 90.5 Å². The maximum atomic E-state index is 12.1. The molecule has 3 N–H and O–H groups in total. The summed E-state index contributed by atoms with van der Waals surface area (Å²) in [7, 11) is 0. The van der Waals surface area contributed by atoms with Gasteiger partial charge in [0.15, 0.2) is 0 Å². The number of nitrogens with zero attached hydrogens (tertiary/aromatic N) is 1. The van der Waals surface area contributed by atoms with E-state index < -0.39 is 11.8 Å². The number of amides is 3. The van der Waals surface area contributed by atoms with E-state index in [0.717, 1.165) is 32.0 Å². The molecule has 1 aromatic carbocycles. The van der Waals surface area contributed by atoms with E-state index in [0.29, 0.717) is 23.8 Å². The van der Waals surface area contributed by atoms with Crippen LogP contribution in [0.15, 0.2) is 24.3 Å². The van der Waals surface area contributed by atoms with Crippen LogP contribution in [0.5, 0.6) is 0 Å². The third kappa shape index (κ3) is 5.97. The van der Waals surface area contributed by atoms with Gasteiger partial charge in [0, 0.05) is 36.6 Å². The average molecular weight is 405 g/mol. The summed E-state index contributed by atoms with van der Waals surface area (Å²) in [6.07, 6.45) is 3.40. The van der Waals surface area contributed by atoms with Gasteiger partial charge in [0.1, 0.15) is 0 Å². The summed E-state index contributed by atoms with van der Waals surface area (Å²) in [5.74, 6) is 1.41. The van der Waals surface area contributed by atoms with Crippen LogP contribution in [0, 0.1) is 5.92 Å². The highest BCUT2D eigenvalue weighted by atomic mass is 32.2. The Hall–Kier alpha value is -2.06. The van der Waals surface area contributed by atoms with Crippen molar-refractivity contribution < 1.29 is 14.4 Å². The lowest BCUT2D eigenvalue weighted by atomic mass is 9.95. The summed E-state index contributed by atoms with van der Waals surface area (Å²) in [5, 5.41) is 7.98. The van der Waals surface area contributed by atoms with Crippen molar-refractivity contribution in [1.82, 2.24) is 10.2 Å². The van der Waals surface area contributed by atoms with Crippen LogP contribution < -0.4 is 16.0 Å². The van der Waals surface area contributed by atoms with E-state index in [1.54, 1.807) is 24.3 Å². The van der Waals surface area contributed by atoms with E-state index in [-0.39, 0.29) is 5.91 Å². The molecule has 2 fully saturated rings. The first-order chi connectivity index (χ1) is 13.5. The van der Waals surface area contributed by atoms with Crippen molar-refractivity contribution >= 4 is 40.9 Å². The number of benzene rings is 1. The molecule has 1 atom stereocenters. The van der Waals surface area contributed by atoms with E-state index >= 15 is 0 Å². The first kappa shape index (κ1) is 20.7. The summed E-state index contributed by atoms with van der Waals surface area (Å²) in [5.41, 5.74) is 1.03. The highest BCUT2D eigenvalue weighted by Gasteiger charge is 2.27. The normalized spacial score (nSPS) is 20.5. The Labute approximate surface area is 170 Å². The van der Waals surface area contributed by atoms with Gasteiger partial charge in [0.25, 0.3) is 0 Å². The van der Waals surface area contributed by atoms with Crippen molar-refractivity contribution in [1.29, 1.82) is 0 Å². The summed E-state index contributed by atoms with van der Waals surface area (Å²) in [6, 6.07) is 7.43. The van der Waals surface area contributed by atoms with E-state index in [2.05, 4.69) is 20.9 Å². The molecule has 152 valence electrons. The Morgan fingerprint density at radius 3 is 2.43 bits per heavy atom. The number of piperidine rings is 1. The van der Waals surface area contributed by atoms with Crippen molar-refractivity contribution in [3.8, 4) is 0 Å². The molecule has 0 radical (unpaired) electrons. The number of carbonyl (C=O) groups is 3. The molecule has 28 heavy (non-hydrogen) atoms. The van der Waals surface area contributed by atoms with Crippen LogP contribution in [-0.4, -0.2) is 59.8 Å². The SMILES string of the molecule is CC(=O)Nc1cccc(NC(=O)C(=O)NCC2CCN(C3CCSC3)CC2)c1. The minimum absolute atomic E-state index is 0.195. The number of hydrogen-bond donors (Lipinski definition) is 3. The molecule has 1 aromatic rings. The van der Waals surface area contributed by atoms with Crippen LogP contribution in [0.3, 0.4) is 0 Å². The number of anilines is 2. The predicted molar refractivity (Wildman–Crippen MR) is 112 cm³/mol. The van der Waals surface area contributed by atoms with Gasteiger partial charge in [0.2, 0.25) is 5.91 Å². The third-order valence-electron chi connectivity index (χ3n) is 5.27. The second-order valence-electron chi connectivity index (χ2n) is 7.42. The van der Waals surface area contributed by atoms with Crippen molar-refractivity contribution in [2.45, 2.75) is 32.2 Å². The number of carbonyl (C=O) groups excluding carboxylic acids is 3. The second kappa shape index (κ2) is 9.93. The van der Waals surface area contributed by atoms with Gasteiger partial charge in [0.05, 0.1) is 0 Å². The lowest BCUT2D eigenvalue weighted by Crippen LogP contribution is -2.45. The highest BCUT2D eigenvalue weighted by molar-refractivity contribution is 7.99. The first-order valence-electron chi connectivity index (χ1n) is 9.80. The zero-order chi connectivity index (χ0) is 19.9. The maximum Gasteiger partial charge on any atom is 0.313 e. The zero-order valence-electron chi connectivity index (χ0n) is 16.2. The minimum atomic E-state index is -0.694. The molecule has 2 aliphatic rings.